The van der Waals surface area contributed by atoms with Crippen LogP contribution in [0.4, 0.5) is 0 Å². The molecule has 0 spiro atoms. The summed E-state index contributed by atoms with van der Waals surface area (Å²) in [6.07, 6.45) is 3.81. The first-order valence-corrected chi connectivity index (χ1v) is 8.97. The Morgan fingerprint density at radius 3 is 2.76 bits per heavy atom. The molecule has 6 heteroatoms. The molecule has 0 aliphatic carbocycles. The molecule has 0 bridgehead atoms. The summed E-state index contributed by atoms with van der Waals surface area (Å²) in [5, 5.41) is 2.32. The fraction of sp³-hybridized carbons (Fsp3) is 0.526. The number of rotatable bonds is 6. The standard InChI is InChI=1S/C19H24N2O4/c1-3-5-13(4-2)25-14-6-7-15-12(10-14)11-21(19(15)24)16-8-9-17(22)20-18(16)23/h6-7,10,13,16H,3-5,8-9,11H2,1-2H3,(H,20,22,23). The Kier molecular flexibility index (Phi) is 5.06. The number of nitrogens with one attached hydrogen (secondary N) is 1. The van der Waals surface area contributed by atoms with Crippen molar-refractivity contribution in [1.29, 1.82) is 0 Å². The number of carbonyl (C=O) groups is 3. The average molecular weight is 344 g/mol. The van der Waals surface area contributed by atoms with Gasteiger partial charge in [-0.05, 0) is 43.0 Å². The summed E-state index contributed by atoms with van der Waals surface area (Å²) in [6.45, 7) is 4.61. The van der Waals surface area contributed by atoms with E-state index in [0.717, 1.165) is 30.6 Å². The van der Waals surface area contributed by atoms with E-state index in [0.29, 0.717) is 18.5 Å². The van der Waals surface area contributed by atoms with E-state index in [1.54, 1.807) is 11.0 Å². The molecule has 134 valence electrons. The molecule has 3 amide bonds. The monoisotopic (exact) mass is 344 g/mol. The predicted octanol–water partition coefficient (Wildman–Crippen LogP) is 2.41. The number of fused-ring (bicyclic) bond motifs is 1. The van der Waals surface area contributed by atoms with Gasteiger partial charge < -0.3 is 9.64 Å². The van der Waals surface area contributed by atoms with Gasteiger partial charge in [0.05, 0.1) is 6.10 Å². The minimum Gasteiger partial charge on any atom is -0.490 e. The summed E-state index contributed by atoms with van der Waals surface area (Å²) in [5.74, 6) is -0.0564. The molecule has 2 atom stereocenters. The zero-order chi connectivity index (χ0) is 18.0. The Balaban J connectivity index is 1.75. The molecule has 25 heavy (non-hydrogen) atoms. The molecule has 2 aliphatic rings. The molecule has 3 rings (SSSR count). The van der Waals surface area contributed by atoms with Crippen LogP contribution in [0.25, 0.3) is 0 Å². The quantitative estimate of drug-likeness (QED) is 0.804. The number of ether oxygens (including phenoxy) is 1. The summed E-state index contributed by atoms with van der Waals surface area (Å²) in [5.41, 5.74) is 1.49. The van der Waals surface area contributed by atoms with E-state index in [-0.39, 0.29) is 30.2 Å². The van der Waals surface area contributed by atoms with Crippen LogP contribution in [0.1, 0.15) is 61.9 Å². The second kappa shape index (κ2) is 7.25. The molecule has 6 nitrogen and oxygen atoms in total. The van der Waals surface area contributed by atoms with Gasteiger partial charge in [-0.1, -0.05) is 20.3 Å². The summed E-state index contributed by atoms with van der Waals surface area (Å²) in [7, 11) is 0. The van der Waals surface area contributed by atoms with Crippen molar-refractivity contribution in [2.45, 2.75) is 64.6 Å². The van der Waals surface area contributed by atoms with Crippen molar-refractivity contribution >= 4 is 17.7 Å². The van der Waals surface area contributed by atoms with Crippen LogP contribution >= 0.6 is 0 Å². The third-order valence-electron chi connectivity index (χ3n) is 4.86. The van der Waals surface area contributed by atoms with Gasteiger partial charge in [0.2, 0.25) is 11.8 Å². The molecule has 0 aromatic heterocycles. The zero-order valence-electron chi connectivity index (χ0n) is 14.7. The predicted molar refractivity (Wildman–Crippen MR) is 92.1 cm³/mol. The van der Waals surface area contributed by atoms with Crippen molar-refractivity contribution in [3.05, 3.63) is 29.3 Å². The third-order valence-corrected chi connectivity index (χ3v) is 4.86. The largest absolute Gasteiger partial charge is 0.490 e. The second-order valence-electron chi connectivity index (χ2n) is 6.66. The van der Waals surface area contributed by atoms with E-state index in [1.165, 1.54) is 0 Å². The van der Waals surface area contributed by atoms with E-state index in [2.05, 4.69) is 19.2 Å². The zero-order valence-corrected chi connectivity index (χ0v) is 14.7. The lowest BCUT2D eigenvalue weighted by molar-refractivity contribution is -0.136. The molecule has 2 heterocycles. The normalized spacial score (nSPS) is 21.1. The molecule has 1 N–H and O–H groups in total. The van der Waals surface area contributed by atoms with Gasteiger partial charge in [0, 0.05) is 18.5 Å². The lowest BCUT2D eigenvalue weighted by Crippen LogP contribution is -2.52. The molecule has 2 aliphatic heterocycles. The van der Waals surface area contributed by atoms with E-state index in [9.17, 15) is 14.4 Å². The molecule has 1 aromatic carbocycles. The Morgan fingerprint density at radius 1 is 1.28 bits per heavy atom. The van der Waals surface area contributed by atoms with Gasteiger partial charge in [-0.25, -0.2) is 0 Å². The van der Waals surface area contributed by atoms with Crippen molar-refractivity contribution < 1.29 is 19.1 Å². The molecule has 2 unspecified atom stereocenters. The molecule has 1 saturated heterocycles. The number of amides is 3. The Labute approximate surface area is 147 Å². The maximum absolute atomic E-state index is 12.6. The van der Waals surface area contributed by atoms with Crippen LogP contribution in [0.3, 0.4) is 0 Å². The highest BCUT2D eigenvalue weighted by Crippen LogP contribution is 2.30. The smallest absolute Gasteiger partial charge is 0.255 e. The number of benzene rings is 1. The topological polar surface area (TPSA) is 75.7 Å². The van der Waals surface area contributed by atoms with Crippen LogP contribution < -0.4 is 10.1 Å². The van der Waals surface area contributed by atoms with Crippen molar-refractivity contribution in [2.75, 3.05) is 0 Å². The third kappa shape index (κ3) is 3.52. The second-order valence-corrected chi connectivity index (χ2v) is 6.66. The number of carbonyl (C=O) groups excluding carboxylic acids is 3. The van der Waals surface area contributed by atoms with E-state index < -0.39 is 6.04 Å². The lowest BCUT2D eigenvalue weighted by atomic mass is 10.0. The lowest BCUT2D eigenvalue weighted by Gasteiger charge is -2.29. The van der Waals surface area contributed by atoms with Gasteiger partial charge in [0.15, 0.2) is 0 Å². The fourth-order valence-corrected chi connectivity index (χ4v) is 3.48. The summed E-state index contributed by atoms with van der Waals surface area (Å²) in [4.78, 5) is 37.6. The Hall–Kier alpha value is -2.37. The van der Waals surface area contributed by atoms with Crippen LogP contribution in [-0.2, 0) is 16.1 Å². The van der Waals surface area contributed by atoms with E-state index >= 15 is 0 Å². The number of imide groups is 1. The van der Waals surface area contributed by atoms with Crippen molar-refractivity contribution in [1.82, 2.24) is 10.2 Å². The number of piperidine rings is 1. The van der Waals surface area contributed by atoms with Crippen molar-refractivity contribution in [3.8, 4) is 5.75 Å². The first kappa shape index (κ1) is 17.5. The number of hydrogen-bond donors (Lipinski definition) is 1. The summed E-state index contributed by atoms with van der Waals surface area (Å²) >= 11 is 0. The Bertz CT molecular complexity index is 701. The molecule has 0 saturated carbocycles. The molecule has 1 fully saturated rings. The number of nitrogens with zero attached hydrogens (tertiary/aromatic N) is 1. The summed E-state index contributed by atoms with van der Waals surface area (Å²) < 4.78 is 6.03. The van der Waals surface area contributed by atoms with Crippen LogP contribution in [0.15, 0.2) is 18.2 Å². The minimum absolute atomic E-state index is 0.156. The molecular formula is C19H24N2O4. The van der Waals surface area contributed by atoms with Crippen molar-refractivity contribution in [2.24, 2.45) is 0 Å². The van der Waals surface area contributed by atoms with Crippen LogP contribution in [0.2, 0.25) is 0 Å². The van der Waals surface area contributed by atoms with Gasteiger partial charge in [0.1, 0.15) is 11.8 Å². The van der Waals surface area contributed by atoms with Gasteiger partial charge in [0.25, 0.3) is 5.91 Å². The highest BCUT2D eigenvalue weighted by Gasteiger charge is 2.39. The van der Waals surface area contributed by atoms with Crippen LogP contribution in [-0.4, -0.2) is 34.8 Å². The maximum Gasteiger partial charge on any atom is 0.255 e. The number of hydrogen-bond acceptors (Lipinski definition) is 4. The molecular weight excluding hydrogens is 320 g/mol. The SMILES string of the molecule is CCCC(CC)Oc1ccc2c(c1)CN(C1CCC(=O)NC1=O)C2=O. The van der Waals surface area contributed by atoms with Crippen molar-refractivity contribution in [3.63, 3.8) is 0 Å². The minimum atomic E-state index is -0.578. The first-order chi connectivity index (χ1) is 12.0. The average Bonchev–Trinajstić information content (AvgIpc) is 2.90. The van der Waals surface area contributed by atoms with Gasteiger partial charge in [-0.2, -0.15) is 0 Å². The van der Waals surface area contributed by atoms with E-state index in [1.807, 2.05) is 12.1 Å². The van der Waals surface area contributed by atoms with E-state index in [4.69, 9.17) is 4.74 Å². The highest BCUT2D eigenvalue weighted by molar-refractivity contribution is 6.05. The van der Waals surface area contributed by atoms with Gasteiger partial charge in [-0.3, -0.25) is 19.7 Å². The Morgan fingerprint density at radius 2 is 2.08 bits per heavy atom. The summed E-state index contributed by atoms with van der Waals surface area (Å²) in [6, 6.07) is 4.92. The first-order valence-electron chi connectivity index (χ1n) is 8.97. The van der Waals surface area contributed by atoms with Gasteiger partial charge in [-0.15, -0.1) is 0 Å². The maximum atomic E-state index is 12.6. The van der Waals surface area contributed by atoms with Gasteiger partial charge >= 0.3 is 0 Å². The fourth-order valence-electron chi connectivity index (χ4n) is 3.48. The van der Waals surface area contributed by atoms with Crippen LogP contribution in [0, 0.1) is 0 Å². The molecule has 0 radical (unpaired) electrons. The highest BCUT2D eigenvalue weighted by atomic mass is 16.5. The molecule has 1 aromatic rings. The van der Waals surface area contributed by atoms with Crippen LogP contribution in [0.5, 0.6) is 5.75 Å².